The Kier molecular flexibility index (Phi) is 4.90. The molecule has 0 heterocycles. The van der Waals surface area contributed by atoms with E-state index in [9.17, 15) is 0 Å². The highest BCUT2D eigenvalue weighted by Crippen LogP contribution is 2.01. The molecule has 2 heteroatoms. The molecule has 0 aliphatic rings. The van der Waals surface area contributed by atoms with Crippen molar-refractivity contribution in [2.75, 3.05) is 0 Å². The number of rotatable bonds is 6. The number of benzene rings is 2. The molecule has 95 valence electrons. The minimum atomic E-state index is -1.27. The van der Waals surface area contributed by atoms with Crippen molar-refractivity contribution in [2.45, 2.75) is 6.10 Å². The predicted octanol–water partition coefficient (Wildman–Crippen LogP) is 2.55. The smallest absolute Gasteiger partial charge is 0.283 e. The average Bonchev–Trinajstić information content (AvgIpc) is 2.50. The van der Waals surface area contributed by atoms with E-state index in [2.05, 4.69) is 37.4 Å². The third-order valence-corrected chi connectivity index (χ3v) is 5.01. The van der Waals surface area contributed by atoms with Crippen LogP contribution in [0.25, 0.3) is 0 Å². The zero-order valence-electron chi connectivity index (χ0n) is 10.8. The first-order valence-corrected chi connectivity index (χ1v) is 7.65. The van der Waals surface area contributed by atoms with Gasteiger partial charge < -0.3 is 4.43 Å². The van der Waals surface area contributed by atoms with E-state index >= 15 is 0 Å². The molecule has 1 radical (unpaired) electrons. The van der Waals surface area contributed by atoms with Crippen molar-refractivity contribution < 1.29 is 4.43 Å². The van der Waals surface area contributed by atoms with Gasteiger partial charge in [0.1, 0.15) is 0 Å². The highest BCUT2D eigenvalue weighted by molar-refractivity contribution is 6.80. The molecule has 2 aromatic rings. The van der Waals surface area contributed by atoms with Crippen LogP contribution in [-0.4, -0.2) is 15.1 Å². The summed E-state index contributed by atoms with van der Waals surface area (Å²) in [7, 11) is -1.27. The molecule has 19 heavy (non-hydrogen) atoms. The summed E-state index contributed by atoms with van der Waals surface area (Å²) < 4.78 is 6.19. The molecule has 0 bridgehead atoms. The van der Waals surface area contributed by atoms with Gasteiger partial charge in [0.2, 0.25) is 0 Å². The van der Waals surface area contributed by atoms with E-state index in [1.54, 1.807) is 12.2 Å². The second kappa shape index (κ2) is 6.88. The van der Waals surface area contributed by atoms with Gasteiger partial charge in [-0.2, -0.15) is 0 Å². The Morgan fingerprint density at radius 1 is 0.789 bits per heavy atom. The van der Waals surface area contributed by atoms with Crippen LogP contribution in [0, 0.1) is 0 Å². The summed E-state index contributed by atoms with van der Waals surface area (Å²) in [6.45, 7) is 7.58. The van der Waals surface area contributed by atoms with E-state index in [0.717, 1.165) is 0 Å². The third-order valence-electron chi connectivity index (χ3n) is 2.79. The largest absolute Gasteiger partial charge is 0.397 e. The normalized spacial score (nSPS) is 10.6. The fourth-order valence-electron chi connectivity index (χ4n) is 1.81. The summed E-state index contributed by atoms with van der Waals surface area (Å²) in [5.41, 5.74) is 0. The van der Waals surface area contributed by atoms with E-state index in [-0.39, 0.29) is 6.10 Å². The lowest BCUT2D eigenvalue weighted by atomic mass is 10.4. The molecule has 0 amide bonds. The lowest BCUT2D eigenvalue weighted by molar-refractivity contribution is 0.312. The van der Waals surface area contributed by atoms with Crippen molar-refractivity contribution in [1.29, 1.82) is 0 Å². The maximum absolute atomic E-state index is 6.19. The van der Waals surface area contributed by atoms with E-state index in [0.29, 0.717) is 0 Å². The van der Waals surface area contributed by atoms with Crippen LogP contribution in [0.5, 0.6) is 0 Å². The SMILES string of the molecule is C=CC(C=C)O[Si](c1ccccc1)c1ccccc1. The lowest BCUT2D eigenvalue weighted by Gasteiger charge is -2.19. The highest BCUT2D eigenvalue weighted by Gasteiger charge is 2.20. The molecule has 0 unspecified atom stereocenters. The first-order valence-electron chi connectivity index (χ1n) is 6.24. The van der Waals surface area contributed by atoms with Gasteiger partial charge >= 0.3 is 0 Å². The fraction of sp³-hybridized carbons (Fsp3) is 0.0588. The quantitative estimate of drug-likeness (QED) is 0.576. The maximum Gasteiger partial charge on any atom is 0.283 e. The molecule has 1 nitrogen and oxygen atoms in total. The second-order valence-corrected chi connectivity index (χ2v) is 6.16. The van der Waals surface area contributed by atoms with Gasteiger partial charge in [0.25, 0.3) is 9.04 Å². The van der Waals surface area contributed by atoms with Crippen LogP contribution in [0.2, 0.25) is 0 Å². The standard InChI is InChI=1S/C17H17OSi/c1-3-15(4-2)18-19(16-11-7-5-8-12-16)17-13-9-6-10-14-17/h3-15H,1-2H2. The maximum atomic E-state index is 6.19. The zero-order chi connectivity index (χ0) is 13.5. The van der Waals surface area contributed by atoms with Crippen LogP contribution in [-0.2, 0) is 4.43 Å². The lowest BCUT2D eigenvalue weighted by Crippen LogP contribution is -2.46. The minimum absolute atomic E-state index is 0.116. The number of hydrogen-bond acceptors (Lipinski definition) is 1. The Hall–Kier alpha value is -1.90. The molecule has 0 aliphatic carbocycles. The molecule has 0 atom stereocenters. The molecule has 2 rings (SSSR count). The summed E-state index contributed by atoms with van der Waals surface area (Å²) >= 11 is 0. The average molecular weight is 265 g/mol. The van der Waals surface area contributed by atoms with E-state index in [4.69, 9.17) is 4.43 Å². The summed E-state index contributed by atoms with van der Waals surface area (Å²) in [5.74, 6) is 0. The Balaban J connectivity index is 2.34. The molecule has 0 aromatic heterocycles. The van der Waals surface area contributed by atoms with Gasteiger partial charge in [-0.1, -0.05) is 72.8 Å². The third kappa shape index (κ3) is 3.53. The summed E-state index contributed by atoms with van der Waals surface area (Å²) in [4.78, 5) is 0. The first kappa shape index (κ1) is 13.5. The van der Waals surface area contributed by atoms with Crippen molar-refractivity contribution in [3.05, 3.63) is 86.0 Å². The van der Waals surface area contributed by atoms with Crippen LogP contribution in [0.1, 0.15) is 0 Å². The summed E-state index contributed by atoms with van der Waals surface area (Å²) in [5, 5.41) is 2.46. The number of hydrogen-bond donors (Lipinski definition) is 0. The van der Waals surface area contributed by atoms with E-state index < -0.39 is 9.04 Å². The predicted molar refractivity (Wildman–Crippen MR) is 83.2 cm³/mol. The Labute approximate surface area is 116 Å². The Morgan fingerprint density at radius 2 is 1.21 bits per heavy atom. The van der Waals surface area contributed by atoms with E-state index in [1.165, 1.54) is 10.4 Å². The van der Waals surface area contributed by atoms with Gasteiger partial charge in [0.05, 0.1) is 6.10 Å². The summed E-state index contributed by atoms with van der Waals surface area (Å²) in [6, 6.07) is 20.7. The van der Waals surface area contributed by atoms with Crippen LogP contribution in [0.3, 0.4) is 0 Å². The van der Waals surface area contributed by atoms with Gasteiger partial charge in [-0.05, 0) is 10.4 Å². The molecule has 0 aliphatic heterocycles. The van der Waals surface area contributed by atoms with Crippen molar-refractivity contribution in [2.24, 2.45) is 0 Å². The molecule has 0 spiro atoms. The molecule has 0 fully saturated rings. The van der Waals surface area contributed by atoms with Crippen LogP contribution in [0.15, 0.2) is 86.0 Å². The monoisotopic (exact) mass is 265 g/mol. The van der Waals surface area contributed by atoms with Gasteiger partial charge in [-0.15, -0.1) is 13.2 Å². The topological polar surface area (TPSA) is 9.23 Å². The van der Waals surface area contributed by atoms with Gasteiger partial charge in [0, 0.05) is 0 Å². The van der Waals surface area contributed by atoms with Crippen molar-refractivity contribution in [3.63, 3.8) is 0 Å². The van der Waals surface area contributed by atoms with Crippen LogP contribution >= 0.6 is 0 Å². The van der Waals surface area contributed by atoms with Crippen LogP contribution in [0.4, 0.5) is 0 Å². The van der Waals surface area contributed by atoms with E-state index in [1.807, 2.05) is 36.4 Å². The Morgan fingerprint density at radius 3 is 1.58 bits per heavy atom. The summed E-state index contributed by atoms with van der Waals surface area (Å²) in [6.07, 6.45) is 3.45. The van der Waals surface area contributed by atoms with Gasteiger partial charge in [0.15, 0.2) is 0 Å². The molecule has 0 saturated heterocycles. The molecular formula is C17H17OSi. The molecule has 0 N–H and O–H groups in total. The fourth-order valence-corrected chi connectivity index (χ4v) is 3.87. The second-order valence-electron chi connectivity index (χ2n) is 4.12. The first-order chi connectivity index (χ1) is 9.35. The highest BCUT2D eigenvalue weighted by atomic mass is 28.3. The molecule has 2 aromatic carbocycles. The Bertz CT molecular complexity index is 474. The van der Waals surface area contributed by atoms with Gasteiger partial charge in [-0.3, -0.25) is 0 Å². The van der Waals surface area contributed by atoms with Crippen molar-refractivity contribution >= 4 is 19.4 Å². The zero-order valence-corrected chi connectivity index (χ0v) is 11.8. The molecular weight excluding hydrogens is 248 g/mol. The molecule has 0 saturated carbocycles. The minimum Gasteiger partial charge on any atom is -0.397 e. The van der Waals surface area contributed by atoms with Crippen molar-refractivity contribution in [1.82, 2.24) is 0 Å². The van der Waals surface area contributed by atoms with Crippen molar-refractivity contribution in [3.8, 4) is 0 Å². The van der Waals surface area contributed by atoms with Gasteiger partial charge in [-0.25, -0.2) is 0 Å². The van der Waals surface area contributed by atoms with Crippen LogP contribution < -0.4 is 10.4 Å².